The van der Waals surface area contributed by atoms with E-state index in [0.29, 0.717) is 18.9 Å². The number of hydrogen-bond donors (Lipinski definition) is 0. The van der Waals surface area contributed by atoms with Gasteiger partial charge in [0.1, 0.15) is 17.9 Å². The highest BCUT2D eigenvalue weighted by Crippen LogP contribution is 2.34. The average Bonchev–Trinajstić information content (AvgIpc) is 2.86. The summed E-state index contributed by atoms with van der Waals surface area (Å²) in [5, 5.41) is 0. The highest BCUT2D eigenvalue weighted by atomic mass is 16.7. The van der Waals surface area contributed by atoms with Gasteiger partial charge in [-0.1, -0.05) is 24.3 Å². The molecule has 0 aromatic heterocycles. The molecule has 3 atom stereocenters. The van der Waals surface area contributed by atoms with Crippen molar-refractivity contribution in [2.45, 2.75) is 37.9 Å². The van der Waals surface area contributed by atoms with Gasteiger partial charge in [-0.05, 0) is 26.0 Å². The Balaban J connectivity index is 1.76. The summed E-state index contributed by atoms with van der Waals surface area (Å²) in [5.74, 6) is 0.0184. The van der Waals surface area contributed by atoms with Crippen LogP contribution in [0.3, 0.4) is 0 Å². The molecule has 118 valence electrons. The molecular weight excluding hydrogens is 282 g/mol. The first-order chi connectivity index (χ1) is 10.5. The van der Waals surface area contributed by atoms with Crippen molar-refractivity contribution in [3.8, 4) is 5.75 Å². The minimum absolute atomic E-state index is 0.0398. The van der Waals surface area contributed by atoms with E-state index >= 15 is 0 Å². The van der Waals surface area contributed by atoms with Gasteiger partial charge in [0.15, 0.2) is 11.9 Å². The molecule has 5 nitrogen and oxygen atoms in total. The molecule has 2 fully saturated rings. The Bertz CT molecular complexity index is 557. The van der Waals surface area contributed by atoms with Gasteiger partial charge in [0.25, 0.3) is 5.91 Å². The van der Waals surface area contributed by atoms with E-state index in [2.05, 4.69) is 6.58 Å². The van der Waals surface area contributed by atoms with Gasteiger partial charge in [0.05, 0.1) is 6.61 Å². The number of para-hydroxylation sites is 1. The molecule has 2 saturated heterocycles. The zero-order chi connectivity index (χ0) is 15.7. The molecule has 5 heteroatoms. The van der Waals surface area contributed by atoms with Gasteiger partial charge in [-0.3, -0.25) is 4.79 Å². The maximum atomic E-state index is 12.3. The maximum absolute atomic E-state index is 12.3. The number of ether oxygens (including phenoxy) is 3. The molecule has 22 heavy (non-hydrogen) atoms. The Morgan fingerprint density at radius 1 is 1.41 bits per heavy atom. The minimum atomic E-state index is -0.625. The summed E-state index contributed by atoms with van der Waals surface area (Å²) in [7, 11) is 0. The topological polar surface area (TPSA) is 48.0 Å². The van der Waals surface area contributed by atoms with Gasteiger partial charge in [0.2, 0.25) is 0 Å². The van der Waals surface area contributed by atoms with Crippen LogP contribution in [-0.2, 0) is 14.3 Å². The van der Waals surface area contributed by atoms with Crippen molar-refractivity contribution in [1.29, 1.82) is 0 Å². The second-order valence-electron chi connectivity index (χ2n) is 5.99. The van der Waals surface area contributed by atoms with Crippen LogP contribution in [0.15, 0.2) is 43.0 Å². The Morgan fingerprint density at radius 3 is 2.73 bits per heavy atom. The summed E-state index contributed by atoms with van der Waals surface area (Å²) in [6.45, 7) is 8.39. The quantitative estimate of drug-likeness (QED) is 0.616. The Morgan fingerprint density at radius 2 is 2.14 bits per heavy atom. The van der Waals surface area contributed by atoms with Crippen LogP contribution >= 0.6 is 0 Å². The summed E-state index contributed by atoms with van der Waals surface area (Å²) in [5.41, 5.74) is 0. The van der Waals surface area contributed by atoms with E-state index in [1.165, 1.54) is 0 Å². The van der Waals surface area contributed by atoms with Crippen LogP contribution in [0.5, 0.6) is 5.75 Å². The number of amides is 1. The van der Waals surface area contributed by atoms with E-state index < -0.39 is 11.9 Å². The van der Waals surface area contributed by atoms with Crippen LogP contribution in [0.2, 0.25) is 0 Å². The standard InChI is InChI=1S/C17H21NO4/c1-4-10-18-14(13-11-20-17(2,3)22-13)15(16(18)19)21-12-8-6-5-7-9-12/h4-9,13-15H,1,10-11H2,2-3H3/t13-,14+,15-/m1/s1. The predicted molar refractivity (Wildman–Crippen MR) is 81.5 cm³/mol. The summed E-state index contributed by atoms with van der Waals surface area (Å²) >= 11 is 0. The lowest BCUT2D eigenvalue weighted by Gasteiger charge is -2.48. The van der Waals surface area contributed by atoms with Crippen LogP contribution < -0.4 is 4.74 Å². The SMILES string of the molecule is C=CCN1C(=O)[C@H](Oc2ccccc2)[C@@H]1[C@H]1COC(C)(C)O1. The summed E-state index contributed by atoms with van der Waals surface area (Å²) in [4.78, 5) is 14.1. The summed E-state index contributed by atoms with van der Waals surface area (Å²) in [6, 6.07) is 9.20. The Labute approximate surface area is 130 Å². The Hall–Kier alpha value is -1.85. The smallest absolute Gasteiger partial charge is 0.266 e. The number of carbonyl (C=O) groups excluding carboxylic acids is 1. The molecule has 1 amide bonds. The fourth-order valence-electron chi connectivity index (χ4n) is 2.93. The first kappa shape index (κ1) is 15.1. The molecular formula is C17H21NO4. The molecule has 2 heterocycles. The van der Waals surface area contributed by atoms with E-state index in [-0.39, 0.29) is 18.1 Å². The van der Waals surface area contributed by atoms with Gasteiger partial charge >= 0.3 is 0 Å². The van der Waals surface area contributed by atoms with E-state index in [4.69, 9.17) is 14.2 Å². The van der Waals surface area contributed by atoms with Crippen molar-refractivity contribution in [3.05, 3.63) is 43.0 Å². The van der Waals surface area contributed by atoms with Gasteiger partial charge in [-0.15, -0.1) is 6.58 Å². The fourth-order valence-corrected chi connectivity index (χ4v) is 2.93. The van der Waals surface area contributed by atoms with Crippen LogP contribution in [0.25, 0.3) is 0 Å². The monoisotopic (exact) mass is 303 g/mol. The van der Waals surface area contributed by atoms with Crippen molar-refractivity contribution in [3.63, 3.8) is 0 Å². The molecule has 2 aliphatic rings. The predicted octanol–water partition coefficient (Wildman–Crippen LogP) is 1.98. The number of carbonyl (C=O) groups is 1. The van der Waals surface area contributed by atoms with Crippen molar-refractivity contribution in [1.82, 2.24) is 4.90 Å². The summed E-state index contributed by atoms with van der Waals surface area (Å²) < 4.78 is 17.4. The minimum Gasteiger partial charge on any atom is -0.478 e. The number of likely N-dealkylation sites (tertiary alicyclic amines) is 1. The largest absolute Gasteiger partial charge is 0.478 e. The number of rotatable bonds is 5. The second-order valence-corrected chi connectivity index (χ2v) is 5.99. The molecule has 2 aliphatic heterocycles. The maximum Gasteiger partial charge on any atom is 0.266 e. The second kappa shape index (κ2) is 5.74. The lowest BCUT2D eigenvalue weighted by Crippen LogP contribution is -2.71. The lowest BCUT2D eigenvalue weighted by atomic mass is 9.92. The van der Waals surface area contributed by atoms with Crippen LogP contribution in [0, 0.1) is 0 Å². The normalized spacial score (nSPS) is 30.0. The third kappa shape index (κ3) is 2.74. The van der Waals surface area contributed by atoms with E-state index in [1.54, 1.807) is 11.0 Å². The molecule has 3 rings (SSSR count). The van der Waals surface area contributed by atoms with E-state index in [1.807, 2.05) is 44.2 Å². The number of benzene rings is 1. The molecule has 0 bridgehead atoms. The van der Waals surface area contributed by atoms with Gasteiger partial charge in [0, 0.05) is 6.54 Å². The fraction of sp³-hybridized carbons (Fsp3) is 0.471. The number of β-lactam (4-membered cyclic amide) rings is 1. The first-order valence-electron chi connectivity index (χ1n) is 7.47. The van der Waals surface area contributed by atoms with Crippen molar-refractivity contribution in [2.75, 3.05) is 13.2 Å². The first-order valence-corrected chi connectivity index (χ1v) is 7.47. The highest BCUT2D eigenvalue weighted by Gasteiger charge is 2.55. The molecule has 0 radical (unpaired) electrons. The molecule has 0 N–H and O–H groups in total. The lowest BCUT2D eigenvalue weighted by molar-refractivity contribution is -0.184. The van der Waals surface area contributed by atoms with E-state index in [0.717, 1.165) is 0 Å². The van der Waals surface area contributed by atoms with Crippen molar-refractivity contribution in [2.24, 2.45) is 0 Å². The zero-order valence-corrected chi connectivity index (χ0v) is 12.9. The van der Waals surface area contributed by atoms with Gasteiger partial charge < -0.3 is 19.1 Å². The van der Waals surface area contributed by atoms with Crippen LogP contribution in [-0.4, -0.2) is 48.0 Å². The highest BCUT2D eigenvalue weighted by molar-refractivity contribution is 5.89. The van der Waals surface area contributed by atoms with Gasteiger partial charge in [-0.2, -0.15) is 0 Å². The number of hydrogen-bond acceptors (Lipinski definition) is 4. The Kier molecular flexibility index (Phi) is 3.93. The molecule has 0 aliphatic carbocycles. The van der Waals surface area contributed by atoms with Crippen molar-refractivity contribution < 1.29 is 19.0 Å². The number of nitrogens with zero attached hydrogens (tertiary/aromatic N) is 1. The molecule has 0 saturated carbocycles. The van der Waals surface area contributed by atoms with Crippen molar-refractivity contribution >= 4 is 5.91 Å². The van der Waals surface area contributed by atoms with Crippen LogP contribution in [0.1, 0.15) is 13.8 Å². The zero-order valence-electron chi connectivity index (χ0n) is 12.9. The van der Waals surface area contributed by atoms with E-state index in [9.17, 15) is 4.79 Å². The van der Waals surface area contributed by atoms with Gasteiger partial charge in [-0.25, -0.2) is 0 Å². The molecule has 0 spiro atoms. The molecule has 1 aromatic rings. The molecule has 0 unspecified atom stereocenters. The molecule has 1 aromatic carbocycles. The summed E-state index contributed by atoms with van der Waals surface area (Å²) in [6.07, 6.45) is 0.983. The van der Waals surface area contributed by atoms with Crippen LogP contribution in [0.4, 0.5) is 0 Å². The average molecular weight is 303 g/mol. The third-order valence-electron chi connectivity index (χ3n) is 3.94. The third-order valence-corrected chi connectivity index (χ3v) is 3.94.